The van der Waals surface area contributed by atoms with Crippen molar-refractivity contribution in [3.05, 3.63) is 18.2 Å². The standard InChI is InChI=1S/C10H17N3O/c1-11-8-3-4-14-10(5-8)9-6-12-7-13(9)2/h6-8,10-11H,3-5H2,1-2H3. The highest BCUT2D eigenvalue weighted by molar-refractivity contribution is 5.04. The molecule has 1 saturated heterocycles. The van der Waals surface area contributed by atoms with Gasteiger partial charge < -0.3 is 14.6 Å². The maximum absolute atomic E-state index is 5.73. The van der Waals surface area contributed by atoms with E-state index in [0.717, 1.165) is 19.4 Å². The quantitative estimate of drug-likeness (QED) is 0.760. The van der Waals surface area contributed by atoms with E-state index < -0.39 is 0 Å². The number of nitrogens with zero attached hydrogens (tertiary/aromatic N) is 2. The normalized spacial score (nSPS) is 27.9. The number of hydrogen-bond donors (Lipinski definition) is 1. The summed E-state index contributed by atoms with van der Waals surface area (Å²) in [4.78, 5) is 4.11. The van der Waals surface area contributed by atoms with Gasteiger partial charge >= 0.3 is 0 Å². The minimum Gasteiger partial charge on any atom is -0.372 e. The molecule has 4 heteroatoms. The Labute approximate surface area is 84.3 Å². The van der Waals surface area contributed by atoms with Crippen LogP contribution in [0.25, 0.3) is 0 Å². The van der Waals surface area contributed by atoms with Gasteiger partial charge in [0.05, 0.1) is 18.2 Å². The first-order chi connectivity index (χ1) is 6.81. The van der Waals surface area contributed by atoms with Crippen molar-refractivity contribution < 1.29 is 4.74 Å². The lowest BCUT2D eigenvalue weighted by Crippen LogP contribution is -2.34. The molecule has 1 aliphatic heterocycles. The lowest BCUT2D eigenvalue weighted by molar-refractivity contribution is -0.00249. The van der Waals surface area contributed by atoms with Crippen LogP contribution in [0.3, 0.4) is 0 Å². The Morgan fingerprint density at radius 1 is 1.64 bits per heavy atom. The van der Waals surface area contributed by atoms with Crippen molar-refractivity contribution in [3.63, 3.8) is 0 Å². The van der Waals surface area contributed by atoms with Crippen LogP contribution in [0.4, 0.5) is 0 Å². The van der Waals surface area contributed by atoms with Gasteiger partial charge in [0.25, 0.3) is 0 Å². The molecule has 0 radical (unpaired) electrons. The molecule has 2 heterocycles. The molecule has 2 atom stereocenters. The summed E-state index contributed by atoms with van der Waals surface area (Å²) in [6.07, 6.45) is 6.05. The third kappa shape index (κ3) is 1.81. The highest BCUT2D eigenvalue weighted by Crippen LogP contribution is 2.27. The van der Waals surface area contributed by atoms with Gasteiger partial charge in [0.1, 0.15) is 6.10 Å². The van der Waals surface area contributed by atoms with Crippen molar-refractivity contribution >= 4 is 0 Å². The molecule has 0 spiro atoms. The Balaban J connectivity index is 2.08. The molecule has 0 bridgehead atoms. The van der Waals surface area contributed by atoms with Crippen molar-refractivity contribution in [1.82, 2.24) is 14.9 Å². The number of rotatable bonds is 2. The third-order valence-electron chi connectivity index (χ3n) is 2.88. The Morgan fingerprint density at radius 3 is 3.14 bits per heavy atom. The second-order valence-electron chi connectivity index (χ2n) is 3.80. The third-order valence-corrected chi connectivity index (χ3v) is 2.88. The Bertz CT molecular complexity index is 297. The first-order valence-electron chi connectivity index (χ1n) is 5.06. The van der Waals surface area contributed by atoms with Crippen molar-refractivity contribution in [2.45, 2.75) is 25.0 Å². The molecule has 4 nitrogen and oxygen atoms in total. The summed E-state index contributed by atoms with van der Waals surface area (Å²) >= 11 is 0. The van der Waals surface area contributed by atoms with E-state index in [2.05, 4.69) is 10.3 Å². The van der Waals surface area contributed by atoms with E-state index in [1.807, 2.05) is 31.2 Å². The highest BCUT2D eigenvalue weighted by atomic mass is 16.5. The summed E-state index contributed by atoms with van der Waals surface area (Å²) in [5.74, 6) is 0. The zero-order chi connectivity index (χ0) is 9.97. The molecule has 0 amide bonds. The first-order valence-corrected chi connectivity index (χ1v) is 5.06. The van der Waals surface area contributed by atoms with Crippen LogP contribution >= 0.6 is 0 Å². The van der Waals surface area contributed by atoms with Gasteiger partial charge in [-0.05, 0) is 19.9 Å². The lowest BCUT2D eigenvalue weighted by Gasteiger charge is -2.29. The molecular weight excluding hydrogens is 178 g/mol. The topological polar surface area (TPSA) is 39.1 Å². The molecule has 14 heavy (non-hydrogen) atoms. The van der Waals surface area contributed by atoms with E-state index in [-0.39, 0.29) is 6.10 Å². The summed E-state index contributed by atoms with van der Waals surface area (Å²) in [5.41, 5.74) is 1.17. The molecule has 2 unspecified atom stereocenters. The summed E-state index contributed by atoms with van der Waals surface area (Å²) in [6, 6.07) is 0.573. The molecule has 1 aromatic heterocycles. The van der Waals surface area contributed by atoms with Gasteiger partial charge in [0, 0.05) is 19.7 Å². The first kappa shape index (κ1) is 9.68. The van der Waals surface area contributed by atoms with Gasteiger partial charge in [-0.1, -0.05) is 0 Å². The minimum absolute atomic E-state index is 0.202. The zero-order valence-corrected chi connectivity index (χ0v) is 8.73. The summed E-state index contributed by atoms with van der Waals surface area (Å²) in [5, 5.41) is 3.31. The van der Waals surface area contributed by atoms with Crippen LogP contribution in [0, 0.1) is 0 Å². The van der Waals surface area contributed by atoms with E-state index >= 15 is 0 Å². The Hall–Kier alpha value is -0.870. The van der Waals surface area contributed by atoms with Crippen molar-refractivity contribution in [1.29, 1.82) is 0 Å². The number of nitrogens with one attached hydrogen (secondary N) is 1. The van der Waals surface area contributed by atoms with Crippen molar-refractivity contribution in [3.8, 4) is 0 Å². The fraction of sp³-hybridized carbons (Fsp3) is 0.700. The highest BCUT2D eigenvalue weighted by Gasteiger charge is 2.24. The molecule has 0 saturated carbocycles. The molecule has 0 aromatic carbocycles. The van der Waals surface area contributed by atoms with Gasteiger partial charge in [-0.15, -0.1) is 0 Å². The SMILES string of the molecule is CNC1CCOC(c2cncn2C)C1. The van der Waals surface area contributed by atoms with E-state index in [9.17, 15) is 0 Å². The minimum atomic E-state index is 0.202. The Morgan fingerprint density at radius 2 is 2.50 bits per heavy atom. The maximum atomic E-state index is 5.73. The second kappa shape index (κ2) is 4.11. The average molecular weight is 195 g/mol. The molecule has 1 aliphatic rings. The van der Waals surface area contributed by atoms with Gasteiger partial charge in [-0.25, -0.2) is 4.98 Å². The smallest absolute Gasteiger partial charge is 0.100 e. The lowest BCUT2D eigenvalue weighted by atomic mass is 10.0. The largest absolute Gasteiger partial charge is 0.372 e. The second-order valence-corrected chi connectivity index (χ2v) is 3.80. The van der Waals surface area contributed by atoms with Gasteiger partial charge in [0.15, 0.2) is 0 Å². The Kier molecular flexibility index (Phi) is 2.84. The number of imidazole rings is 1. The number of ether oxygens (including phenoxy) is 1. The monoisotopic (exact) mass is 195 g/mol. The number of aromatic nitrogens is 2. The number of hydrogen-bond acceptors (Lipinski definition) is 3. The predicted octanol–water partition coefficient (Wildman–Crippen LogP) is 0.860. The molecule has 1 N–H and O–H groups in total. The van der Waals surface area contributed by atoms with Crippen LogP contribution < -0.4 is 5.32 Å². The van der Waals surface area contributed by atoms with Crippen LogP contribution in [0.1, 0.15) is 24.6 Å². The average Bonchev–Trinajstić information content (AvgIpc) is 2.65. The van der Waals surface area contributed by atoms with Gasteiger partial charge in [-0.2, -0.15) is 0 Å². The van der Waals surface area contributed by atoms with Crippen LogP contribution in [0.15, 0.2) is 12.5 Å². The fourth-order valence-corrected chi connectivity index (χ4v) is 1.94. The molecule has 0 aliphatic carbocycles. The summed E-state index contributed by atoms with van der Waals surface area (Å²) < 4.78 is 7.76. The van der Waals surface area contributed by atoms with Crippen LogP contribution in [0.2, 0.25) is 0 Å². The predicted molar refractivity (Wildman–Crippen MR) is 54.0 cm³/mol. The van der Waals surface area contributed by atoms with E-state index in [0.29, 0.717) is 6.04 Å². The van der Waals surface area contributed by atoms with E-state index in [1.54, 1.807) is 0 Å². The van der Waals surface area contributed by atoms with E-state index in [4.69, 9.17) is 4.74 Å². The van der Waals surface area contributed by atoms with Crippen LogP contribution in [-0.4, -0.2) is 29.2 Å². The summed E-state index contributed by atoms with van der Waals surface area (Å²) in [6.45, 7) is 0.835. The zero-order valence-electron chi connectivity index (χ0n) is 8.73. The molecule has 1 aromatic rings. The van der Waals surface area contributed by atoms with Crippen LogP contribution in [-0.2, 0) is 11.8 Å². The van der Waals surface area contributed by atoms with E-state index in [1.165, 1.54) is 5.69 Å². The number of aryl methyl sites for hydroxylation is 1. The van der Waals surface area contributed by atoms with Crippen LogP contribution in [0.5, 0.6) is 0 Å². The van der Waals surface area contributed by atoms with Crippen molar-refractivity contribution in [2.75, 3.05) is 13.7 Å². The van der Waals surface area contributed by atoms with Crippen molar-refractivity contribution in [2.24, 2.45) is 7.05 Å². The maximum Gasteiger partial charge on any atom is 0.100 e. The molecule has 78 valence electrons. The van der Waals surface area contributed by atoms with Gasteiger partial charge in [0.2, 0.25) is 0 Å². The molecule has 2 rings (SSSR count). The molecular formula is C10H17N3O. The summed E-state index contributed by atoms with van der Waals surface area (Å²) in [7, 11) is 4.02. The van der Waals surface area contributed by atoms with Gasteiger partial charge in [-0.3, -0.25) is 0 Å². The molecule has 1 fully saturated rings. The fourth-order valence-electron chi connectivity index (χ4n) is 1.94.